The molecule has 2 N–H and O–H groups in total. The van der Waals surface area contributed by atoms with E-state index >= 15 is 0 Å². The Labute approximate surface area is 155 Å². The van der Waals surface area contributed by atoms with Crippen LogP contribution in [0.25, 0.3) is 0 Å². The van der Waals surface area contributed by atoms with Gasteiger partial charge in [0.05, 0.1) is 14.2 Å². The van der Waals surface area contributed by atoms with Gasteiger partial charge in [-0.1, -0.05) is 30.3 Å². The predicted molar refractivity (Wildman–Crippen MR) is 104 cm³/mol. The van der Waals surface area contributed by atoms with Gasteiger partial charge >= 0.3 is 0 Å². The van der Waals surface area contributed by atoms with Gasteiger partial charge in [-0.25, -0.2) is 0 Å². The summed E-state index contributed by atoms with van der Waals surface area (Å²) in [5, 5.41) is 0. The van der Waals surface area contributed by atoms with E-state index in [4.69, 9.17) is 15.2 Å². The molecule has 0 bridgehead atoms. The summed E-state index contributed by atoms with van der Waals surface area (Å²) in [7, 11) is 3.26. The molecule has 0 fully saturated rings. The molecule has 0 aliphatic carbocycles. The summed E-state index contributed by atoms with van der Waals surface area (Å²) >= 11 is 0. The molecule has 26 heavy (non-hydrogen) atoms. The van der Waals surface area contributed by atoms with Crippen molar-refractivity contribution in [1.82, 2.24) is 4.90 Å². The van der Waals surface area contributed by atoms with E-state index in [0.717, 1.165) is 23.5 Å². The quantitative estimate of drug-likeness (QED) is 0.711. The lowest BCUT2D eigenvalue weighted by Crippen LogP contribution is -2.37. The molecule has 2 aromatic rings. The Kier molecular flexibility index (Phi) is 7.96. The van der Waals surface area contributed by atoms with Crippen molar-refractivity contribution in [3.05, 3.63) is 59.7 Å². The van der Waals surface area contributed by atoms with E-state index in [1.807, 2.05) is 41.3 Å². The van der Waals surface area contributed by atoms with Gasteiger partial charge in [0, 0.05) is 26.1 Å². The van der Waals surface area contributed by atoms with Crippen LogP contribution in [0.1, 0.15) is 17.5 Å². The second-order valence-electron chi connectivity index (χ2n) is 6.08. The molecule has 2 aromatic carbocycles. The molecule has 0 unspecified atom stereocenters. The van der Waals surface area contributed by atoms with Crippen molar-refractivity contribution < 1.29 is 14.3 Å². The second kappa shape index (κ2) is 10.5. The summed E-state index contributed by atoms with van der Waals surface area (Å²) in [6.45, 7) is 1.71. The number of aryl methyl sites for hydroxylation is 1. The van der Waals surface area contributed by atoms with Crippen LogP contribution < -0.4 is 15.2 Å². The molecule has 2 rings (SSSR count). The van der Waals surface area contributed by atoms with Crippen molar-refractivity contribution in [3.8, 4) is 11.5 Å². The molecular formula is C21H28N2O3. The summed E-state index contributed by atoms with van der Waals surface area (Å²) in [4.78, 5) is 14.5. The maximum Gasteiger partial charge on any atom is 0.222 e. The second-order valence-corrected chi connectivity index (χ2v) is 6.08. The molecule has 5 heteroatoms. The first kappa shape index (κ1) is 19.8. The van der Waals surface area contributed by atoms with E-state index in [1.165, 1.54) is 5.56 Å². The number of amides is 1. The van der Waals surface area contributed by atoms with Gasteiger partial charge in [-0.2, -0.15) is 0 Å². The smallest absolute Gasteiger partial charge is 0.222 e. The van der Waals surface area contributed by atoms with Crippen molar-refractivity contribution >= 4 is 5.91 Å². The number of hydrogen-bond acceptors (Lipinski definition) is 4. The van der Waals surface area contributed by atoms with Crippen molar-refractivity contribution in [1.29, 1.82) is 0 Å². The molecule has 5 nitrogen and oxygen atoms in total. The van der Waals surface area contributed by atoms with E-state index in [-0.39, 0.29) is 5.91 Å². The fourth-order valence-electron chi connectivity index (χ4n) is 2.90. The first-order chi connectivity index (χ1) is 12.7. The molecule has 0 saturated heterocycles. The van der Waals surface area contributed by atoms with Crippen LogP contribution in [0.3, 0.4) is 0 Å². The highest BCUT2D eigenvalue weighted by molar-refractivity contribution is 5.76. The lowest BCUT2D eigenvalue weighted by Gasteiger charge is -2.22. The number of carbonyl (C=O) groups is 1. The van der Waals surface area contributed by atoms with Crippen LogP contribution in [0.15, 0.2) is 48.5 Å². The monoisotopic (exact) mass is 356 g/mol. The van der Waals surface area contributed by atoms with Gasteiger partial charge in [0.1, 0.15) is 11.5 Å². The van der Waals surface area contributed by atoms with Crippen molar-refractivity contribution in [3.63, 3.8) is 0 Å². The van der Waals surface area contributed by atoms with E-state index in [1.54, 1.807) is 14.2 Å². The zero-order chi connectivity index (χ0) is 18.8. The highest BCUT2D eigenvalue weighted by atomic mass is 16.5. The van der Waals surface area contributed by atoms with E-state index in [0.29, 0.717) is 32.5 Å². The number of hydrogen-bond donors (Lipinski definition) is 1. The molecule has 0 atom stereocenters. The van der Waals surface area contributed by atoms with Gasteiger partial charge < -0.3 is 20.1 Å². The third-order valence-corrected chi connectivity index (χ3v) is 4.36. The Morgan fingerprint density at radius 2 is 1.77 bits per heavy atom. The van der Waals surface area contributed by atoms with Crippen LogP contribution in [-0.2, 0) is 17.6 Å². The fraction of sp³-hybridized carbons (Fsp3) is 0.381. The average Bonchev–Trinajstić information content (AvgIpc) is 2.69. The SMILES string of the molecule is COc1ccc(OC)c(CCC(=O)N(CCN)CCc2ccccc2)c1. The standard InChI is InChI=1S/C21H28N2O3/c1-25-19-9-10-20(26-2)18(16-19)8-11-21(24)23(15-13-22)14-12-17-6-4-3-5-7-17/h3-7,9-10,16H,8,11-15,22H2,1-2H3. The summed E-state index contributed by atoms with van der Waals surface area (Å²) in [6, 6.07) is 15.8. The zero-order valence-corrected chi connectivity index (χ0v) is 15.6. The molecule has 0 saturated carbocycles. The summed E-state index contributed by atoms with van der Waals surface area (Å²) in [5.74, 6) is 1.64. The van der Waals surface area contributed by atoms with Crippen LogP contribution in [-0.4, -0.2) is 44.7 Å². The largest absolute Gasteiger partial charge is 0.497 e. The topological polar surface area (TPSA) is 64.8 Å². The third-order valence-electron chi connectivity index (χ3n) is 4.36. The van der Waals surface area contributed by atoms with Crippen molar-refractivity contribution in [2.45, 2.75) is 19.3 Å². The highest BCUT2D eigenvalue weighted by Gasteiger charge is 2.14. The first-order valence-electron chi connectivity index (χ1n) is 8.90. The van der Waals surface area contributed by atoms with Crippen molar-refractivity contribution in [2.24, 2.45) is 5.73 Å². The van der Waals surface area contributed by atoms with Crippen LogP contribution in [0, 0.1) is 0 Å². The average molecular weight is 356 g/mol. The van der Waals surface area contributed by atoms with Gasteiger partial charge in [0.25, 0.3) is 0 Å². The Morgan fingerprint density at radius 1 is 1.00 bits per heavy atom. The van der Waals surface area contributed by atoms with E-state index < -0.39 is 0 Å². The number of methoxy groups -OCH3 is 2. The molecule has 0 aliphatic rings. The molecule has 0 aliphatic heterocycles. The molecule has 0 aromatic heterocycles. The third kappa shape index (κ3) is 5.77. The number of carbonyl (C=O) groups excluding carboxylic acids is 1. The van der Waals surface area contributed by atoms with Gasteiger partial charge in [0.15, 0.2) is 0 Å². The minimum atomic E-state index is 0.108. The predicted octanol–water partition coefficient (Wildman–Crippen LogP) is 2.67. The first-order valence-corrected chi connectivity index (χ1v) is 8.90. The van der Waals surface area contributed by atoms with Gasteiger partial charge in [-0.15, -0.1) is 0 Å². The number of rotatable bonds is 10. The maximum atomic E-state index is 12.7. The Balaban J connectivity index is 1.96. The fourth-order valence-corrected chi connectivity index (χ4v) is 2.90. The summed E-state index contributed by atoms with van der Waals surface area (Å²) in [6.07, 6.45) is 1.85. The number of ether oxygens (including phenoxy) is 2. The Morgan fingerprint density at radius 3 is 2.42 bits per heavy atom. The van der Waals surface area contributed by atoms with E-state index in [2.05, 4.69) is 12.1 Å². The lowest BCUT2D eigenvalue weighted by atomic mass is 10.1. The van der Waals surface area contributed by atoms with Crippen molar-refractivity contribution in [2.75, 3.05) is 33.9 Å². The molecule has 0 radical (unpaired) electrons. The van der Waals surface area contributed by atoms with Crippen LogP contribution in [0.5, 0.6) is 11.5 Å². The normalized spacial score (nSPS) is 10.4. The maximum absolute atomic E-state index is 12.7. The van der Waals surface area contributed by atoms with Gasteiger partial charge in [-0.05, 0) is 42.2 Å². The molecule has 0 spiro atoms. The van der Waals surface area contributed by atoms with Crippen LogP contribution >= 0.6 is 0 Å². The molecular weight excluding hydrogens is 328 g/mol. The van der Waals surface area contributed by atoms with Crippen LogP contribution in [0.4, 0.5) is 0 Å². The molecule has 0 heterocycles. The van der Waals surface area contributed by atoms with Gasteiger partial charge in [-0.3, -0.25) is 4.79 Å². The van der Waals surface area contributed by atoms with E-state index in [9.17, 15) is 4.79 Å². The number of nitrogens with two attached hydrogens (primary N) is 1. The number of benzene rings is 2. The Bertz CT molecular complexity index is 689. The Hall–Kier alpha value is -2.53. The lowest BCUT2D eigenvalue weighted by molar-refractivity contribution is -0.131. The van der Waals surface area contributed by atoms with Crippen LogP contribution in [0.2, 0.25) is 0 Å². The zero-order valence-electron chi connectivity index (χ0n) is 15.6. The minimum absolute atomic E-state index is 0.108. The molecule has 140 valence electrons. The summed E-state index contributed by atoms with van der Waals surface area (Å²) in [5.41, 5.74) is 7.88. The summed E-state index contributed by atoms with van der Waals surface area (Å²) < 4.78 is 10.7. The minimum Gasteiger partial charge on any atom is -0.497 e. The highest BCUT2D eigenvalue weighted by Crippen LogP contribution is 2.25. The van der Waals surface area contributed by atoms with Gasteiger partial charge in [0.2, 0.25) is 5.91 Å². The number of nitrogens with zero attached hydrogens (tertiary/aromatic N) is 1. The molecule has 1 amide bonds.